The number of β-amino-alcohol motifs (C(OH)–C–C–N with tert-alkyl or cyclic N) is 1. The number of piperazine rings is 2. The predicted molar refractivity (Wildman–Crippen MR) is 154 cm³/mol. The van der Waals surface area contributed by atoms with E-state index in [1.54, 1.807) is 0 Å². The van der Waals surface area contributed by atoms with Crippen molar-refractivity contribution < 1.29 is 19.1 Å². The monoisotopic (exact) mass is 547 g/mol. The number of aliphatic hydroxyl groups is 1. The van der Waals surface area contributed by atoms with Gasteiger partial charge in [-0.15, -0.1) is 0 Å². The normalized spacial score (nSPS) is 17.8. The van der Waals surface area contributed by atoms with Gasteiger partial charge in [0.15, 0.2) is 5.69 Å². The minimum atomic E-state index is -0.515. The van der Waals surface area contributed by atoms with Crippen LogP contribution in [0.15, 0.2) is 65.3 Å². The Morgan fingerprint density at radius 1 is 0.950 bits per heavy atom. The lowest BCUT2D eigenvalue weighted by Crippen LogP contribution is -2.49. The lowest BCUT2D eigenvalue weighted by molar-refractivity contribution is 0.000371. The molecule has 214 valence electrons. The number of anilines is 1. The van der Waals surface area contributed by atoms with Gasteiger partial charge in [-0.1, -0.05) is 55.5 Å². The summed E-state index contributed by atoms with van der Waals surface area (Å²) in [5.74, 6) is 0.508. The number of carbonyl (C=O) groups excluding carboxylic acids is 1. The van der Waals surface area contributed by atoms with Crippen molar-refractivity contribution in [3.05, 3.63) is 83.6 Å². The first kappa shape index (κ1) is 28.3. The summed E-state index contributed by atoms with van der Waals surface area (Å²) in [6.45, 7) is 10.6. The number of benzene rings is 2. The van der Waals surface area contributed by atoms with Crippen molar-refractivity contribution in [2.75, 3.05) is 70.4 Å². The van der Waals surface area contributed by atoms with Gasteiger partial charge in [-0.05, 0) is 23.6 Å². The molecule has 9 nitrogen and oxygen atoms in total. The van der Waals surface area contributed by atoms with Crippen molar-refractivity contribution in [1.29, 1.82) is 0 Å². The van der Waals surface area contributed by atoms with Crippen molar-refractivity contribution >= 4 is 11.6 Å². The second kappa shape index (κ2) is 13.9. The van der Waals surface area contributed by atoms with Crippen LogP contribution in [0.1, 0.15) is 34.4 Å². The van der Waals surface area contributed by atoms with Gasteiger partial charge in [0.25, 0.3) is 5.91 Å². The third-order valence-corrected chi connectivity index (χ3v) is 7.77. The van der Waals surface area contributed by atoms with Gasteiger partial charge in [0.05, 0.1) is 25.9 Å². The summed E-state index contributed by atoms with van der Waals surface area (Å²) < 4.78 is 11.4. The third-order valence-electron chi connectivity index (χ3n) is 7.77. The van der Waals surface area contributed by atoms with Gasteiger partial charge in [0.2, 0.25) is 5.89 Å². The summed E-state index contributed by atoms with van der Waals surface area (Å²) in [6, 6.07) is 18.5. The fraction of sp³-hybridized carbons (Fsp3) is 0.484. The highest BCUT2D eigenvalue weighted by Crippen LogP contribution is 2.23. The lowest BCUT2D eigenvalue weighted by Gasteiger charge is -2.36. The molecular weight excluding hydrogens is 506 g/mol. The average molecular weight is 548 g/mol. The number of aryl methyl sites for hydroxylation is 1. The quantitative estimate of drug-likeness (QED) is 0.392. The van der Waals surface area contributed by atoms with Crippen molar-refractivity contribution in [3.63, 3.8) is 0 Å². The molecule has 2 aromatic carbocycles. The molecule has 2 saturated heterocycles. The molecule has 1 atom stereocenters. The maximum Gasteiger partial charge on any atom is 0.275 e. The SMILES string of the molecule is CCc1ccccc1N1CCN(C(=O)c2coc(CN3CCN(CC(O)COCc4ccccc4)CC3)n2)CC1. The maximum atomic E-state index is 13.1. The molecule has 5 rings (SSSR count). The predicted octanol–water partition coefficient (Wildman–Crippen LogP) is 2.89. The molecule has 40 heavy (non-hydrogen) atoms. The topological polar surface area (TPSA) is 85.5 Å². The highest BCUT2D eigenvalue weighted by molar-refractivity contribution is 5.92. The molecule has 3 aromatic rings. The van der Waals surface area contributed by atoms with E-state index in [9.17, 15) is 9.90 Å². The molecule has 2 aliphatic rings. The van der Waals surface area contributed by atoms with Crippen LogP contribution in [0.4, 0.5) is 5.69 Å². The Balaban J connectivity index is 1.02. The lowest BCUT2D eigenvalue weighted by atomic mass is 10.1. The average Bonchev–Trinajstić information content (AvgIpc) is 3.47. The zero-order chi connectivity index (χ0) is 27.7. The van der Waals surface area contributed by atoms with Gasteiger partial charge in [-0.2, -0.15) is 0 Å². The number of nitrogens with zero attached hydrogens (tertiary/aromatic N) is 5. The third kappa shape index (κ3) is 7.48. The van der Waals surface area contributed by atoms with E-state index in [2.05, 4.69) is 50.9 Å². The van der Waals surface area contributed by atoms with Crippen LogP contribution in [0.5, 0.6) is 0 Å². The Hall–Kier alpha value is -3.24. The molecule has 0 aliphatic carbocycles. The van der Waals surface area contributed by atoms with Crippen molar-refractivity contribution in [2.24, 2.45) is 0 Å². The van der Waals surface area contributed by atoms with Gasteiger partial charge < -0.3 is 24.1 Å². The van der Waals surface area contributed by atoms with E-state index in [4.69, 9.17) is 9.15 Å². The number of carbonyl (C=O) groups is 1. The first-order valence-electron chi connectivity index (χ1n) is 14.4. The molecule has 1 N–H and O–H groups in total. The van der Waals surface area contributed by atoms with Gasteiger partial charge in [0.1, 0.15) is 6.26 Å². The van der Waals surface area contributed by atoms with E-state index in [-0.39, 0.29) is 5.91 Å². The molecule has 0 radical (unpaired) electrons. The van der Waals surface area contributed by atoms with Crippen LogP contribution in [-0.2, 0) is 24.3 Å². The van der Waals surface area contributed by atoms with Gasteiger partial charge in [0, 0.05) is 64.6 Å². The number of para-hydroxylation sites is 1. The van der Waals surface area contributed by atoms with E-state index in [1.807, 2.05) is 35.2 Å². The number of amides is 1. The molecule has 1 aromatic heterocycles. The maximum absolute atomic E-state index is 13.1. The van der Waals surface area contributed by atoms with E-state index in [0.29, 0.717) is 51.0 Å². The number of ether oxygens (including phenoxy) is 1. The Bertz CT molecular complexity index is 1200. The first-order chi connectivity index (χ1) is 19.6. The molecule has 2 fully saturated rings. The van der Waals surface area contributed by atoms with Crippen LogP contribution < -0.4 is 4.90 Å². The second-order valence-electron chi connectivity index (χ2n) is 10.6. The van der Waals surface area contributed by atoms with Crippen molar-refractivity contribution in [2.45, 2.75) is 32.6 Å². The van der Waals surface area contributed by atoms with Crippen LogP contribution in [-0.4, -0.2) is 102 Å². The van der Waals surface area contributed by atoms with Crippen molar-refractivity contribution in [3.8, 4) is 0 Å². The minimum absolute atomic E-state index is 0.0632. The van der Waals surface area contributed by atoms with Crippen LogP contribution in [0, 0.1) is 0 Å². The fourth-order valence-corrected chi connectivity index (χ4v) is 5.47. The minimum Gasteiger partial charge on any atom is -0.447 e. The molecular formula is C31H41N5O4. The molecule has 1 amide bonds. The fourth-order valence-electron chi connectivity index (χ4n) is 5.47. The summed E-state index contributed by atoms with van der Waals surface area (Å²) in [5, 5.41) is 10.4. The summed E-state index contributed by atoms with van der Waals surface area (Å²) in [6.07, 6.45) is 1.98. The number of hydrogen-bond donors (Lipinski definition) is 1. The zero-order valence-corrected chi connectivity index (χ0v) is 23.5. The van der Waals surface area contributed by atoms with E-state index in [1.165, 1.54) is 17.5 Å². The summed E-state index contributed by atoms with van der Waals surface area (Å²) >= 11 is 0. The van der Waals surface area contributed by atoms with Gasteiger partial charge >= 0.3 is 0 Å². The number of rotatable bonds is 11. The van der Waals surface area contributed by atoms with Gasteiger partial charge in [-0.3, -0.25) is 14.6 Å². The van der Waals surface area contributed by atoms with Crippen LogP contribution in [0.2, 0.25) is 0 Å². The summed E-state index contributed by atoms with van der Waals surface area (Å²) in [5.41, 5.74) is 4.10. The molecule has 0 spiro atoms. The Morgan fingerprint density at radius 3 is 2.40 bits per heavy atom. The smallest absolute Gasteiger partial charge is 0.275 e. The highest BCUT2D eigenvalue weighted by atomic mass is 16.5. The Labute approximate surface area is 236 Å². The van der Waals surface area contributed by atoms with E-state index >= 15 is 0 Å². The summed E-state index contributed by atoms with van der Waals surface area (Å²) in [4.78, 5) is 26.4. The number of aromatic nitrogens is 1. The molecule has 0 saturated carbocycles. The molecule has 9 heteroatoms. The van der Waals surface area contributed by atoms with Crippen LogP contribution in [0.25, 0.3) is 0 Å². The zero-order valence-electron chi connectivity index (χ0n) is 23.5. The number of oxazole rings is 1. The van der Waals surface area contributed by atoms with Gasteiger partial charge in [-0.25, -0.2) is 4.98 Å². The molecule has 3 heterocycles. The van der Waals surface area contributed by atoms with E-state index in [0.717, 1.165) is 51.3 Å². The highest BCUT2D eigenvalue weighted by Gasteiger charge is 2.26. The standard InChI is InChI=1S/C31H41N5O4/c1-2-26-10-6-7-11-29(26)35-16-18-36(19-17-35)31(38)28-24-40-30(32-28)21-34-14-12-33(13-15-34)20-27(37)23-39-22-25-8-4-3-5-9-25/h3-11,24,27,37H,2,12-23H2,1H3. The molecule has 0 bridgehead atoms. The summed E-state index contributed by atoms with van der Waals surface area (Å²) in [7, 11) is 0. The molecule has 2 aliphatic heterocycles. The number of aliphatic hydroxyl groups excluding tert-OH is 1. The Morgan fingerprint density at radius 2 is 1.65 bits per heavy atom. The first-order valence-corrected chi connectivity index (χ1v) is 14.4. The van der Waals surface area contributed by atoms with Crippen molar-refractivity contribution in [1.82, 2.24) is 19.7 Å². The van der Waals surface area contributed by atoms with Crippen LogP contribution in [0.3, 0.4) is 0 Å². The second-order valence-corrected chi connectivity index (χ2v) is 10.6. The number of hydrogen-bond acceptors (Lipinski definition) is 8. The Kier molecular flexibility index (Phi) is 9.83. The van der Waals surface area contributed by atoms with E-state index < -0.39 is 6.10 Å². The largest absolute Gasteiger partial charge is 0.447 e. The van der Waals surface area contributed by atoms with Crippen LogP contribution >= 0.6 is 0 Å². The molecule has 1 unspecified atom stereocenters.